The van der Waals surface area contributed by atoms with E-state index >= 15 is 0 Å². The molecule has 0 saturated heterocycles. The van der Waals surface area contributed by atoms with Crippen molar-refractivity contribution in [1.29, 1.82) is 0 Å². The molecule has 7 nitrogen and oxygen atoms in total. The van der Waals surface area contributed by atoms with E-state index < -0.39 is 22.5 Å². The molecule has 14 heavy (non-hydrogen) atoms. The van der Waals surface area contributed by atoms with Crippen LogP contribution in [0.3, 0.4) is 0 Å². The van der Waals surface area contributed by atoms with E-state index in [4.69, 9.17) is 14.9 Å². The van der Waals surface area contributed by atoms with Crippen LogP contribution in [0.25, 0.3) is 0 Å². The van der Waals surface area contributed by atoms with Gasteiger partial charge in [-0.2, -0.15) is 0 Å². The van der Waals surface area contributed by atoms with E-state index in [1.165, 1.54) is 0 Å². The summed E-state index contributed by atoms with van der Waals surface area (Å²) in [6, 6.07) is 0. The van der Waals surface area contributed by atoms with Crippen LogP contribution in [-0.4, -0.2) is 20.9 Å². The second kappa shape index (κ2) is 12.7. The number of hydrogen-bond donors (Lipinski definition) is 3. The van der Waals surface area contributed by atoms with E-state index in [0.717, 1.165) is 6.92 Å². The summed E-state index contributed by atoms with van der Waals surface area (Å²) in [5, 5.41) is 8.74. The summed E-state index contributed by atoms with van der Waals surface area (Å²) in [5.41, 5.74) is 0. The first kappa shape index (κ1) is 26.0. The molecule has 2 atom stereocenters. The maximum atomic E-state index is 9.95. The average Bonchev–Trinajstić information content (AvgIpc) is 1.53. The molecule has 0 saturated carbocycles. The third kappa shape index (κ3) is 17.6. The van der Waals surface area contributed by atoms with Gasteiger partial charge in [0.2, 0.25) is 0 Å². The Hall–Kier alpha value is 3.26. The summed E-state index contributed by atoms with van der Waals surface area (Å²) in [6.45, 7) is 0.824. The molecule has 0 rings (SSSR count). The van der Waals surface area contributed by atoms with Gasteiger partial charge in [0, 0.05) is 6.92 Å². The number of rotatable bonds is 4. The van der Waals surface area contributed by atoms with Gasteiger partial charge in [0.05, 0.1) is 0 Å². The molecule has 2 unspecified atom stereocenters. The summed E-state index contributed by atoms with van der Waals surface area (Å²) < 4.78 is 27.6. The first-order valence-corrected chi connectivity index (χ1v) is 4.92. The topological polar surface area (TPSA) is 113 Å². The van der Waals surface area contributed by atoms with Crippen LogP contribution in [0.5, 0.6) is 0 Å². The van der Waals surface area contributed by atoms with E-state index in [0.29, 0.717) is 0 Å². The monoisotopic (exact) mass is 275 g/mol. The zero-order valence-corrected chi connectivity index (χ0v) is 16.5. The Morgan fingerprint density at radius 1 is 1.00 bits per heavy atom. The van der Waals surface area contributed by atoms with Crippen LogP contribution in [-0.2, 0) is 18.2 Å². The molecule has 0 bridgehead atoms. The minimum Gasteiger partial charge on any atom is -0.343 e. The Kier molecular flexibility index (Phi) is 23.6. The van der Waals surface area contributed by atoms with E-state index in [1.807, 2.05) is 0 Å². The second-order valence-electron chi connectivity index (χ2n) is 1.63. The van der Waals surface area contributed by atoms with Crippen molar-refractivity contribution in [3.05, 3.63) is 0 Å². The minimum atomic E-state index is -3.40. The molecule has 68 valence electrons. The smallest absolute Gasteiger partial charge is 0.343 e. The van der Waals surface area contributed by atoms with Crippen molar-refractivity contribution >= 4 is 16.5 Å². The molecule has 0 aromatic carbocycles. The predicted octanol–water partition coefficient (Wildman–Crippen LogP) is -9.54. The van der Waals surface area contributed by atoms with Crippen LogP contribution >= 0.6 is 16.5 Å². The van der Waals surface area contributed by atoms with Gasteiger partial charge in [0.25, 0.3) is 5.97 Å². The van der Waals surface area contributed by atoms with Crippen molar-refractivity contribution < 1.29 is 122 Å². The van der Waals surface area contributed by atoms with Gasteiger partial charge < -0.3 is 14.9 Å². The quantitative estimate of drug-likeness (QED) is 0.265. The standard InChI is InChI=1S/C2H8O7P2.3Na/c1-2(3,8-10(4)5)9-11(6)7;;;/h3,10-11H,1H3,(H,4,5)(H,6,7);;;/q;3*+1. The van der Waals surface area contributed by atoms with Crippen molar-refractivity contribution in [2.45, 2.75) is 12.9 Å². The zero-order valence-electron chi connectivity index (χ0n) is 8.47. The van der Waals surface area contributed by atoms with Crippen molar-refractivity contribution in [3.63, 3.8) is 0 Å². The molecule has 0 amide bonds. The Bertz CT molecular complexity index is 168. The van der Waals surface area contributed by atoms with E-state index in [9.17, 15) is 9.13 Å². The van der Waals surface area contributed by atoms with Gasteiger partial charge in [-0.25, -0.2) is 0 Å². The van der Waals surface area contributed by atoms with Gasteiger partial charge in [-0.3, -0.25) is 18.2 Å². The molecule has 0 heterocycles. The summed E-state index contributed by atoms with van der Waals surface area (Å²) in [7, 11) is -6.79. The SMILES string of the molecule is CC(O)(O[PH](=O)O)O[PH](=O)O.[Na+].[Na+].[Na+]. The normalized spacial score (nSPS) is 17.4. The van der Waals surface area contributed by atoms with Crippen LogP contribution in [0, 0.1) is 0 Å². The molecule has 0 aromatic rings. The third-order valence-corrected chi connectivity index (χ3v) is 1.66. The molecule has 0 aromatic heterocycles. The van der Waals surface area contributed by atoms with Gasteiger partial charge >= 0.3 is 105 Å². The molecule has 0 aliphatic carbocycles. The third-order valence-electron chi connectivity index (χ3n) is 0.553. The van der Waals surface area contributed by atoms with Crippen LogP contribution in [0.2, 0.25) is 0 Å². The van der Waals surface area contributed by atoms with Crippen LogP contribution in [0.15, 0.2) is 0 Å². The maximum Gasteiger partial charge on any atom is 1.00 e. The van der Waals surface area contributed by atoms with Crippen LogP contribution in [0.1, 0.15) is 6.92 Å². The van der Waals surface area contributed by atoms with Crippen molar-refractivity contribution in [1.82, 2.24) is 0 Å². The fourth-order valence-electron chi connectivity index (χ4n) is 0.345. The van der Waals surface area contributed by atoms with Crippen molar-refractivity contribution in [3.8, 4) is 0 Å². The fraction of sp³-hybridized carbons (Fsp3) is 1.00. The Labute approximate surface area is 149 Å². The van der Waals surface area contributed by atoms with Crippen molar-refractivity contribution in [2.24, 2.45) is 0 Å². The van der Waals surface area contributed by atoms with Gasteiger partial charge in [-0.15, -0.1) is 0 Å². The van der Waals surface area contributed by atoms with Gasteiger partial charge in [0.1, 0.15) is 0 Å². The summed E-state index contributed by atoms with van der Waals surface area (Å²) in [5.74, 6) is -2.49. The first-order chi connectivity index (χ1) is 4.83. The predicted molar refractivity (Wildman–Crippen MR) is 35.2 cm³/mol. The largest absolute Gasteiger partial charge is 1.00 e. The minimum absolute atomic E-state index is 0. The maximum absolute atomic E-state index is 9.95. The first-order valence-electron chi connectivity index (χ1n) is 2.40. The molecule has 12 heteroatoms. The Balaban J connectivity index is -0.000000167. The zero-order chi connectivity index (χ0) is 9.07. The molecule has 0 spiro atoms. The van der Waals surface area contributed by atoms with Crippen LogP contribution in [0.4, 0.5) is 0 Å². The van der Waals surface area contributed by atoms with Crippen LogP contribution < -0.4 is 88.7 Å². The molecular weight excluding hydrogens is 267 g/mol. The molecule has 0 aliphatic rings. The number of aliphatic hydroxyl groups is 1. The summed E-state index contributed by atoms with van der Waals surface area (Å²) >= 11 is 0. The number of hydrogen-bond acceptors (Lipinski definition) is 5. The van der Waals surface area contributed by atoms with Crippen molar-refractivity contribution in [2.75, 3.05) is 0 Å². The molecule has 0 radical (unpaired) electrons. The molecular formula is C2H8Na3O7P2+3. The molecule has 0 aliphatic heterocycles. The average molecular weight is 275 g/mol. The summed E-state index contributed by atoms with van der Waals surface area (Å²) in [6.07, 6.45) is 0. The Morgan fingerprint density at radius 3 is 1.36 bits per heavy atom. The van der Waals surface area contributed by atoms with Gasteiger partial charge in [0.15, 0.2) is 0 Å². The fourth-order valence-corrected chi connectivity index (χ4v) is 1.16. The van der Waals surface area contributed by atoms with E-state index in [1.54, 1.807) is 0 Å². The second-order valence-corrected chi connectivity index (χ2v) is 3.11. The van der Waals surface area contributed by atoms with E-state index in [2.05, 4.69) is 9.05 Å². The Morgan fingerprint density at radius 2 is 1.21 bits per heavy atom. The van der Waals surface area contributed by atoms with E-state index in [-0.39, 0.29) is 88.7 Å². The molecule has 0 fully saturated rings. The van der Waals surface area contributed by atoms with Gasteiger partial charge in [-0.1, -0.05) is 0 Å². The molecule has 3 N–H and O–H groups in total. The summed E-state index contributed by atoms with van der Waals surface area (Å²) in [4.78, 5) is 16.2. The van der Waals surface area contributed by atoms with Gasteiger partial charge in [-0.05, 0) is 0 Å².